The summed E-state index contributed by atoms with van der Waals surface area (Å²) in [6.45, 7) is 5.66. The maximum Gasteiger partial charge on any atom is 0.450 e. The fraction of sp³-hybridized carbons (Fsp3) is 0.870. The van der Waals surface area contributed by atoms with Crippen molar-refractivity contribution in [3.63, 3.8) is 0 Å². The minimum atomic E-state index is -4.97. The third-order valence-electron chi connectivity index (χ3n) is 9.36. The Kier molecular flexibility index (Phi) is 5.13. The van der Waals surface area contributed by atoms with Crippen molar-refractivity contribution in [2.45, 2.75) is 84.4 Å². The number of hydrogen-bond acceptors (Lipinski definition) is 4. The highest BCUT2D eigenvalue weighted by Gasteiger charge is 2.63. The zero-order chi connectivity index (χ0) is 22.1. The predicted octanol–water partition coefficient (Wildman–Crippen LogP) is 4.89. The van der Waals surface area contributed by atoms with Crippen LogP contribution >= 0.6 is 0 Å². The molecule has 6 unspecified atom stereocenters. The predicted molar refractivity (Wildman–Crippen MR) is 102 cm³/mol. The number of alkyl halides is 3. The van der Waals surface area contributed by atoms with Gasteiger partial charge in [0.05, 0.1) is 5.92 Å². The molecule has 4 fully saturated rings. The summed E-state index contributed by atoms with van der Waals surface area (Å²) in [4.78, 5) is 36.0. The number of carbonyl (C=O) groups is 3. The Morgan fingerprint density at radius 1 is 1.00 bits per heavy atom. The van der Waals surface area contributed by atoms with E-state index in [1.165, 1.54) is 6.92 Å². The molecule has 4 aliphatic carbocycles. The van der Waals surface area contributed by atoms with E-state index in [1.54, 1.807) is 0 Å². The van der Waals surface area contributed by atoms with Crippen LogP contribution in [-0.4, -0.2) is 29.8 Å². The van der Waals surface area contributed by atoms with E-state index in [1.807, 2.05) is 6.92 Å². The van der Waals surface area contributed by atoms with Gasteiger partial charge in [-0.25, -0.2) is 0 Å². The van der Waals surface area contributed by atoms with Gasteiger partial charge >= 0.3 is 12.1 Å². The summed E-state index contributed by atoms with van der Waals surface area (Å²) >= 11 is 0. The molecule has 0 aliphatic heterocycles. The molecule has 0 spiro atoms. The number of esters is 1. The Morgan fingerprint density at radius 3 is 2.30 bits per heavy atom. The van der Waals surface area contributed by atoms with E-state index in [0.717, 1.165) is 38.5 Å². The average Bonchev–Trinajstić information content (AvgIpc) is 2.96. The van der Waals surface area contributed by atoms with Crippen LogP contribution in [0.15, 0.2) is 0 Å². The van der Waals surface area contributed by atoms with Gasteiger partial charge in [-0.15, -0.1) is 0 Å². The van der Waals surface area contributed by atoms with Gasteiger partial charge in [0.2, 0.25) is 5.78 Å². The molecule has 0 N–H and O–H groups in total. The second-order valence-electron chi connectivity index (χ2n) is 10.7. The van der Waals surface area contributed by atoms with Crippen molar-refractivity contribution in [1.82, 2.24) is 0 Å². The third kappa shape index (κ3) is 3.22. The first-order valence-electron chi connectivity index (χ1n) is 11.2. The quantitative estimate of drug-likeness (QED) is 0.464. The van der Waals surface area contributed by atoms with Crippen LogP contribution in [0.25, 0.3) is 0 Å². The molecule has 0 heterocycles. The molecule has 0 amide bonds. The van der Waals surface area contributed by atoms with E-state index in [4.69, 9.17) is 4.74 Å². The fourth-order valence-electron chi connectivity index (χ4n) is 7.91. The van der Waals surface area contributed by atoms with Crippen LogP contribution in [0.3, 0.4) is 0 Å². The van der Waals surface area contributed by atoms with Crippen molar-refractivity contribution in [2.75, 3.05) is 0 Å². The minimum Gasteiger partial charge on any atom is -0.462 e. The van der Waals surface area contributed by atoms with Gasteiger partial charge in [0.15, 0.2) is 0 Å². The SMILES string of the molecule is CC(=O)OC1CCC2C3CCC4CC(=O)C(C(=O)C(F)(F)F)C[C@]4(C)C3CC[C@]12C. The van der Waals surface area contributed by atoms with Gasteiger partial charge in [0, 0.05) is 18.8 Å². The van der Waals surface area contributed by atoms with Gasteiger partial charge in [-0.2, -0.15) is 13.2 Å². The van der Waals surface area contributed by atoms with E-state index in [-0.39, 0.29) is 42.2 Å². The average molecular weight is 428 g/mol. The Balaban J connectivity index is 1.60. The van der Waals surface area contributed by atoms with Crippen LogP contribution in [0.4, 0.5) is 13.2 Å². The van der Waals surface area contributed by atoms with E-state index >= 15 is 0 Å². The molecule has 0 bridgehead atoms. The van der Waals surface area contributed by atoms with Crippen molar-refractivity contribution in [3.05, 3.63) is 0 Å². The summed E-state index contributed by atoms with van der Waals surface area (Å²) in [5, 5.41) is 0. The zero-order valence-corrected chi connectivity index (χ0v) is 17.9. The Morgan fingerprint density at radius 2 is 1.67 bits per heavy atom. The summed E-state index contributed by atoms with van der Waals surface area (Å²) in [5.74, 6) is -3.23. The second kappa shape index (κ2) is 7.06. The van der Waals surface area contributed by atoms with Crippen LogP contribution in [0.5, 0.6) is 0 Å². The Labute approximate surface area is 175 Å². The molecule has 4 saturated carbocycles. The lowest BCUT2D eigenvalue weighted by atomic mass is 9.44. The molecular weight excluding hydrogens is 397 g/mol. The lowest BCUT2D eigenvalue weighted by Gasteiger charge is -2.60. The molecule has 30 heavy (non-hydrogen) atoms. The number of halogens is 3. The Hall–Kier alpha value is -1.40. The molecule has 8 atom stereocenters. The molecule has 0 saturated heterocycles. The van der Waals surface area contributed by atoms with E-state index in [2.05, 4.69) is 6.92 Å². The molecular formula is C23H31F3O4. The van der Waals surface area contributed by atoms with Crippen LogP contribution in [0.2, 0.25) is 0 Å². The molecule has 168 valence electrons. The largest absolute Gasteiger partial charge is 0.462 e. The van der Waals surface area contributed by atoms with Gasteiger partial charge in [0.1, 0.15) is 11.9 Å². The number of fused-ring (bicyclic) bond motifs is 5. The van der Waals surface area contributed by atoms with E-state index in [9.17, 15) is 27.6 Å². The lowest BCUT2D eigenvalue weighted by Crippen LogP contribution is -2.57. The molecule has 4 rings (SSSR count). The molecule has 0 aromatic rings. The highest BCUT2D eigenvalue weighted by molar-refractivity contribution is 6.05. The van der Waals surface area contributed by atoms with Crippen molar-refractivity contribution < 1.29 is 32.3 Å². The lowest BCUT2D eigenvalue weighted by molar-refractivity contribution is -0.185. The number of rotatable bonds is 2. The van der Waals surface area contributed by atoms with Gasteiger partial charge in [-0.05, 0) is 74.0 Å². The first-order chi connectivity index (χ1) is 13.9. The zero-order valence-electron chi connectivity index (χ0n) is 17.9. The fourth-order valence-corrected chi connectivity index (χ4v) is 7.91. The summed E-state index contributed by atoms with van der Waals surface area (Å²) in [7, 11) is 0. The van der Waals surface area contributed by atoms with Crippen molar-refractivity contribution in [2.24, 2.45) is 40.4 Å². The van der Waals surface area contributed by atoms with Crippen LogP contribution in [0.1, 0.15) is 72.1 Å². The monoisotopic (exact) mass is 428 g/mol. The summed E-state index contributed by atoms with van der Waals surface area (Å²) in [6, 6.07) is 0. The molecule has 0 aromatic carbocycles. The number of hydrogen-bond donors (Lipinski definition) is 0. The highest BCUT2D eigenvalue weighted by Crippen LogP contribution is 2.66. The summed E-state index contributed by atoms with van der Waals surface area (Å²) in [6.07, 6.45) is 0.332. The number of Topliss-reactive ketones (excluding diaryl/α,β-unsaturated/α-hetero) is 2. The molecule has 7 heteroatoms. The normalized spacial score (nSPS) is 45.9. The molecule has 0 radical (unpaired) electrons. The molecule has 0 aromatic heterocycles. The van der Waals surface area contributed by atoms with Crippen LogP contribution in [0, 0.1) is 40.4 Å². The second-order valence-corrected chi connectivity index (χ2v) is 10.7. The van der Waals surface area contributed by atoms with Crippen molar-refractivity contribution >= 4 is 17.5 Å². The Bertz CT molecular complexity index is 762. The van der Waals surface area contributed by atoms with E-state index in [0.29, 0.717) is 11.8 Å². The van der Waals surface area contributed by atoms with Gasteiger partial charge in [-0.3, -0.25) is 14.4 Å². The smallest absolute Gasteiger partial charge is 0.450 e. The minimum absolute atomic E-state index is 0.0207. The topological polar surface area (TPSA) is 60.4 Å². The number of ketones is 2. The van der Waals surface area contributed by atoms with Crippen molar-refractivity contribution in [3.8, 4) is 0 Å². The maximum atomic E-state index is 13.1. The van der Waals surface area contributed by atoms with Gasteiger partial charge in [0.25, 0.3) is 0 Å². The molecule has 4 aliphatic rings. The summed E-state index contributed by atoms with van der Waals surface area (Å²) in [5.41, 5.74) is -0.523. The maximum absolute atomic E-state index is 13.1. The van der Waals surface area contributed by atoms with Gasteiger partial charge in [-0.1, -0.05) is 13.8 Å². The van der Waals surface area contributed by atoms with E-state index < -0.39 is 29.1 Å². The first-order valence-corrected chi connectivity index (χ1v) is 11.2. The van der Waals surface area contributed by atoms with Crippen LogP contribution in [-0.2, 0) is 19.1 Å². The highest BCUT2D eigenvalue weighted by atomic mass is 19.4. The molecule has 4 nitrogen and oxygen atoms in total. The number of carbonyl (C=O) groups excluding carboxylic acids is 3. The van der Waals surface area contributed by atoms with Crippen molar-refractivity contribution in [1.29, 1.82) is 0 Å². The third-order valence-corrected chi connectivity index (χ3v) is 9.36. The summed E-state index contributed by atoms with van der Waals surface area (Å²) < 4.78 is 45.0. The van der Waals surface area contributed by atoms with Gasteiger partial charge < -0.3 is 4.74 Å². The number of ether oxygens (including phenoxy) is 1. The first kappa shape index (κ1) is 21.8. The van der Waals surface area contributed by atoms with Crippen LogP contribution < -0.4 is 0 Å². The standard InChI is InChI=1S/C23H31F3O4/c1-12(27)30-19-7-6-16-14-5-4-13-10-18(28)15(20(29)23(24,25)26)11-22(13,3)17(14)8-9-21(16,19)2/h13-17,19H,4-11H2,1-3H3/t13?,14?,15?,16?,17?,19?,21-,22-/m0/s1.